The lowest BCUT2D eigenvalue weighted by Gasteiger charge is -2.18. The van der Waals surface area contributed by atoms with Crippen LogP contribution in [0.25, 0.3) is 0 Å². The van der Waals surface area contributed by atoms with Gasteiger partial charge in [-0.25, -0.2) is 4.98 Å². The highest BCUT2D eigenvalue weighted by molar-refractivity contribution is 6.01. The van der Waals surface area contributed by atoms with Gasteiger partial charge < -0.3 is 31.2 Å². The Morgan fingerprint density at radius 3 is 2.34 bits per heavy atom. The number of carbonyl (C=O) groups excluding carboxylic acids is 1. The summed E-state index contributed by atoms with van der Waals surface area (Å²) in [6, 6.07) is 9.48. The zero-order valence-corrected chi connectivity index (χ0v) is 18.9. The van der Waals surface area contributed by atoms with Crippen molar-refractivity contribution in [2.45, 2.75) is 12.7 Å². The number of nitrogens with two attached hydrogens (primary N) is 1. The summed E-state index contributed by atoms with van der Waals surface area (Å²) < 4.78 is 51.6. The van der Waals surface area contributed by atoms with Crippen molar-refractivity contribution < 1.29 is 27.4 Å². The monoisotopic (exact) mass is 488 g/mol. The molecule has 3 rings (SSSR count). The van der Waals surface area contributed by atoms with E-state index >= 15 is 0 Å². The predicted molar refractivity (Wildman–Crippen MR) is 126 cm³/mol. The number of rotatable bonds is 9. The average molecular weight is 488 g/mol. The fourth-order valence-electron chi connectivity index (χ4n) is 3.00. The number of anilines is 5. The van der Waals surface area contributed by atoms with E-state index in [1.54, 1.807) is 30.3 Å². The van der Waals surface area contributed by atoms with Gasteiger partial charge in [-0.1, -0.05) is 12.6 Å². The van der Waals surface area contributed by atoms with Crippen LogP contribution in [0.3, 0.4) is 0 Å². The van der Waals surface area contributed by atoms with Crippen LogP contribution in [-0.4, -0.2) is 30.1 Å². The molecule has 0 fully saturated rings. The number of benzene rings is 2. The second-order valence-corrected chi connectivity index (χ2v) is 7.08. The molecular formula is C23H23F3N6O3. The minimum atomic E-state index is -4.75. The van der Waals surface area contributed by atoms with E-state index in [1.807, 2.05) is 0 Å². The Kier molecular flexibility index (Phi) is 7.76. The van der Waals surface area contributed by atoms with E-state index in [4.69, 9.17) is 15.2 Å². The molecular weight excluding hydrogens is 465 g/mol. The van der Waals surface area contributed by atoms with E-state index in [1.165, 1.54) is 20.3 Å². The number of alkyl halides is 3. The van der Waals surface area contributed by atoms with Gasteiger partial charge in [0.1, 0.15) is 22.9 Å². The largest absolute Gasteiger partial charge is 0.497 e. The zero-order valence-electron chi connectivity index (χ0n) is 18.9. The first kappa shape index (κ1) is 25.3. The Morgan fingerprint density at radius 1 is 1.09 bits per heavy atom. The van der Waals surface area contributed by atoms with Crippen molar-refractivity contribution in [3.8, 4) is 11.5 Å². The molecule has 0 saturated heterocycles. The lowest BCUT2D eigenvalue weighted by molar-refractivity contribution is -0.137. The molecule has 0 spiro atoms. The number of hydrogen-bond donors (Lipinski definition) is 4. The minimum absolute atomic E-state index is 0.119. The second-order valence-electron chi connectivity index (χ2n) is 7.08. The number of amides is 1. The van der Waals surface area contributed by atoms with E-state index in [0.29, 0.717) is 28.9 Å². The normalized spacial score (nSPS) is 10.9. The molecule has 3 aromatic rings. The molecule has 0 atom stereocenters. The van der Waals surface area contributed by atoms with Crippen molar-refractivity contribution in [1.82, 2.24) is 9.97 Å². The molecule has 2 aromatic carbocycles. The number of ether oxygens (including phenoxy) is 2. The van der Waals surface area contributed by atoms with Gasteiger partial charge in [-0.3, -0.25) is 4.79 Å². The summed E-state index contributed by atoms with van der Waals surface area (Å²) >= 11 is 0. The number of halogens is 3. The summed E-state index contributed by atoms with van der Waals surface area (Å²) in [6.45, 7) is 3.55. The first-order valence-corrected chi connectivity index (χ1v) is 10.1. The minimum Gasteiger partial charge on any atom is -0.497 e. The van der Waals surface area contributed by atoms with Gasteiger partial charge in [0.25, 0.3) is 0 Å². The quantitative estimate of drug-likeness (QED) is 0.323. The highest BCUT2D eigenvalue weighted by Crippen LogP contribution is 2.37. The average Bonchev–Trinajstić information content (AvgIpc) is 2.84. The standard InChI is InChI=1S/C23H23F3N6O3/c1-4-20(33)30-19-7-13(11-27)5-6-18(19)31-21-17(23(24,25)26)12-28-22(32-21)29-14-8-15(34-2)10-16(9-14)35-3/h4-10,12H,1,11,27H2,2-3H3,(H,30,33)(H2,28,29,31,32). The predicted octanol–water partition coefficient (Wildman–Crippen LogP) is 4.58. The van der Waals surface area contributed by atoms with Crippen LogP contribution in [0.4, 0.5) is 42.0 Å². The van der Waals surface area contributed by atoms with Crippen LogP contribution in [0.2, 0.25) is 0 Å². The molecule has 0 aliphatic rings. The van der Waals surface area contributed by atoms with Gasteiger partial charge in [0.15, 0.2) is 0 Å². The van der Waals surface area contributed by atoms with Crippen molar-refractivity contribution in [3.63, 3.8) is 0 Å². The maximum Gasteiger partial charge on any atom is 0.421 e. The zero-order chi connectivity index (χ0) is 25.6. The molecule has 0 unspecified atom stereocenters. The van der Waals surface area contributed by atoms with Crippen LogP contribution in [-0.2, 0) is 17.5 Å². The number of carbonyl (C=O) groups is 1. The molecule has 1 heterocycles. The van der Waals surface area contributed by atoms with Crippen molar-refractivity contribution in [2.75, 3.05) is 30.2 Å². The first-order valence-electron chi connectivity index (χ1n) is 10.1. The summed E-state index contributed by atoms with van der Waals surface area (Å²) in [7, 11) is 2.93. The Labute approximate surface area is 199 Å². The van der Waals surface area contributed by atoms with Crippen molar-refractivity contribution in [2.24, 2.45) is 5.73 Å². The van der Waals surface area contributed by atoms with Gasteiger partial charge in [-0.15, -0.1) is 0 Å². The Morgan fingerprint density at radius 2 is 1.77 bits per heavy atom. The lowest BCUT2D eigenvalue weighted by Crippen LogP contribution is -2.14. The summed E-state index contributed by atoms with van der Waals surface area (Å²) in [4.78, 5) is 19.7. The highest BCUT2D eigenvalue weighted by Gasteiger charge is 2.35. The smallest absolute Gasteiger partial charge is 0.421 e. The fourth-order valence-corrected chi connectivity index (χ4v) is 3.00. The summed E-state index contributed by atoms with van der Waals surface area (Å²) in [6.07, 6.45) is -3.05. The third kappa shape index (κ3) is 6.38. The molecule has 184 valence electrons. The van der Waals surface area contributed by atoms with Crippen LogP contribution in [0.1, 0.15) is 11.1 Å². The molecule has 1 amide bonds. The lowest BCUT2D eigenvalue weighted by atomic mass is 10.1. The van der Waals surface area contributed by atoms with Gasteiger partial charge in [0.2, 0.25) is 11.9 Å². The van der Waals surface area contributed by atoms with E-state index in [9.17, 15) is 18.0 Å². The first-order chi connectivity index (χ1) is 16.7. The van der Waals surface area contributed by atoms with Gasteiger partial charge in [0, 0.05) is 36.6 Å². The van der Waals surface area contributed by atoms with E-state index in [-0.39, 0.29) is 23.9 Å². The summed E-state index contributed by atoms with van der Waals surface area (Å²) in [5.74, 6) is -0.278. The van der Waals surface area contributed by atoms with E-state index in [0.717, 1.165) is 6.08 Å². The molecule has 35 heavy (non-hydrogen) atoms. The molecule has 0 bridgehead atoms. The van der Waals surface area contributed by atoms with Crippen molar-refractivity contribution >= 4 is 34.7 Å². The third-order valence-electron chi connectivity index (χ3n) is 4.72. The summed E-state index contributed by atoms with van der Waals surface area (Å²) in [5.41, 5.74) is 6.00. The topological polar surface area (TPSA) is 123 Å². The maximum absolute atomic E-state index is 13.7. The molecule has 1 aromatic heterocycles. The van der Waals surface area contributed by atoms with Gasteiger partial charge in [-0.05, 0) is 23.8 Å². The number of nitrogens with one attached hydrogen (secondary N) is 3. The number of aromatic nitrogens is 2. The molecule has 12 heteroatoms. The number of hydrogen-bond acceptors (Lipinski definition) is 8. The molecule has 5 N–H and O–H groups in total. The SMILES string of the molecule is C=CC(=O)Nc1cc(CN)ccc1Nc1nc(Nc2cc(OC)cc(OC)c2)ncc1C(F)(F)F. The van der Waals surface area contributed by atoms with Crippen molar-refractivity contribution in [3.05, 3.63) is 66.4 Å². The van der Waals surface area contributed by atoms with E-state index in [2.05, 4.69) is 32.5 Å². The van der Waals surface area contributed by atoms with Crippen molar-refractivity contribution in [1.29, 1.82) is 0 Å². The van der Waals surface area contributed by atoms with Crippen LogP contribution < -0.4 is 31.2 Å². The third-order valence-corrected chi connectivity index (χ3v) is 4.72. The van der Waals surface area contributed by atoms with Crippen LogP contribution in [0.15, 0.2) is 55.3 Å². The van der Waals surface area contributed by atoms with Gasteiger partial charge in [-0.2, -0.15) is 18.2 Å². The van der Waals surface area contributed by atoms with Crippen LogP contribution in [0.5, 0.6) is 11.5 Å². The van der Waals surface area contributed by atoms with Gasteiger partial charge >= 0.3 is 6.18 Å². The molecule has 9 nitrogen and oxygen atoms in total. The maximum atomic E-state index is 13.7. The number of methoxy groups -OCH3 is 2. The molecule has 0 radical (unpaired) electrons. The Balaban J connectivity index is 2.02. The fraction of sp³-hybridized carbons (Fsp3) is 0.174. The Hall–Kier alpha value is -4.32. The molecule has 0 saturated carbocycles. The summed E-state index contributed by atoms with van der Waals surface area (Å²) in [5, 5.41) is 8.04. The second kappa shape index (κ2) is 10.7. The number of nitrogens with zero attached hydrogens (tertiary/aromatic N) is 2. The van der Waals surface area contributed by atoms with Gasteiger partial charge in [0.05, 0.1) is 25.6 Å². The Bertz CT molecular complexity index is 1210. The highest BCUT2D eigenvalue weighted by atomic mass is 19.4. The molecule has 0 aliphatic carbocycles. The van der Waals surface area contributed by atoms with Crippen LogP contribution >= 0.6 is 0 Å². The van der Waals surface area contributed by atoms with Crippen LogP contribution in [0, 0.1) is 0 Å². The molecule has 0 aliphatic heterocycles. The van der Waals surface area contributed by atoms with E-state index < -0.39 is 23.5 Å².